The molecule has 4 rings (SSSR count). The van der Waals surface area contributed by atoms with Crippen LogP contribution in [0.15, 0.2) is 72.8 Å². The van der Waals surface area contributed by atoms with Crippen LogP contribution in [-0.4, -0.2) is 22.6 Å². The molecular formula is C23H24N4O3S. The molecule has 0 saturated heterocycles. The van der Waals surface area contributed by atoms with Gasteiger partial charge in [0.2, 0.25) is 16.0 Å². The van der Waals surface area contributed by atoms with Gasteiger partial charge in [-0.15, -0.1) is 0 Å². The molecule has 1 heterocycles. The van der Waals surface area contributed by atoms with E-state index >= 15 is 0 Å². The molecule has 0 saturated carbocycles. The summed E-state index contributed by atoms with van der Waals surface area (Å²) < 4.78 is 32.2. The molecule has 31 heavy (non-hydrogen) atoms. The van der Waals surface area contributed by atoms with Crippen LogP contribution in [0.4, 0.5) is 11.6 Å². The number of imidazole rings is 1. The van der Waals surface area contributed by atoms with E-state index in [1.165, 1.54) is 0 Å². The van der Waals surface area contributed by atoms with Gasteiger partial charge in [-0.25, -0.2) is 17.4 Å². The minimum atomic E-state index is -3.59. The lowest BCUT2D eigenvalue weighted by molar-refractivity contribution is 0.482. The summed E-state index contributed by atoms with van der Waals surface area (Å²) in [7, 11) is -3.59. The van der Waals surface area contributed by atoms with Gasteiger partial charge in [0.15, 0.2) is 0 Å². The molecule has 0 fully saturated rings. The zero-order chi connectivity index (χ0) is 22.0. The summed E-state index contributed by atoms with van der Waals surface area (Å²) in [6.07, 6.45) is 0. The van der Waals surface area contributed by atoms with Crippen molar-refractivity contribution in [2.24, 2.45) is 0 Å². The molecule has 1 aromatic heterocycles. The number of anilines is 2. The average molecular weight is 437 g/mol. The Balaban J connectivity index is 1.52. The van der Waals surface area contributed by atoms with Gasteiger partial charge in [-0.1, -0.05) is 30.3 Å². The van der Waals surface area contributed by atoms with E-state index in [0.29, 0.717) is 17.6 Å². The fourth-order valence-corrected chi connectivity index (χ4v) is 4.36. The number of aromatic nitrogens is 2. The predicted molar refractivity (Wildman–Crippen MR) is 124 cm³/mol. The number of nitrogens with one attached hydrogen (secondary N) is 1. The molecule has 3 aromatic carbocycles. The number of hydrogen-bond acceptors (Lipinski definition) is 6. The maximum atomic E-state index is 12.6. The fourth-order valence-electron chi connectivity index (χ4n) is 3.21. The first-order chi connectivity index (χ1) is 14.8. The normalized spacial score (nSPS) is 11.7. The highest BCUT2D eigenvalue weighted by molar-refractivity contribution is 7.90. The van der Waals surface area contributed by atoms with Crippen LogP contribution in [0.1, 0.15) is 19.4 Å². The van der Waals surface area contributed by atoms with Crippen molar-refractivity contribution in [2.75, 3.05) is 11.1 Å². The molecule has 160 valence electrons. The van der Waals surface area contributed by atoms with Crippen molar-refractivity contribution in [1.29, 1.82) is 0 Å². The van der Waals surface area contributed by atoms with Crippen LogP contribution in [0.5, 0.6) is 11.5 Å². The van der Waals surface area contributed by atoms with Gasteiger partial charge in [0.05, 0.1) is 16.3 Å². The Kier molecular flexibility index (Phi) is 5.56. The molecule has 0 radical (unpaired) electrons. The standard InChI is InChI=1S/C23H24N4O3S/c1-16(2)31(28,29)27-22-12-11-18(14-21(22)26-23(27)24)25-15-17-7-6-10-20(13-17)30-19-8-4-3-5-9-19/h3-14,16,25H,15H2,1-2H3,(H2,24,26). The van der Waals surface area contributed by atoms with Crippen molar-refractivity contribution < 1.29 is 13.2 Å². The van der Waals surface area contributed by atoms with Gasteiger partial charge in [0.25, 0.3) is 0 Å². The van der Waals surface area contributed by atoms with Crippen molar-refractivity contribution in [1.82, 2.24) is 8.96 Å². The van der Waals surface area contributed by atoms with Crippen LogP contribution in [0.2, 0.25) is 0 Å². The largest absolute Gasteiger partial charge is 0.457 e. The summed E-state index contributed by atoms with van der Waals surface area (Å²) in [5.41, 5.74) is 8.76. The second-order valence-corrected chi connectivity index (χ2v) is 9.79. The Bertz CT molecular complexity index is 1320. The number of nitrogens with two attached hydrogens (primary N) is 1. The molecule has 4 aromatic rings. The summed E-state index contributed by atoms with van der Waals surface area (Å²) in [5, 5.41) is 2.74. The zero-order valence-electron chi connectivity index (χ0n) is 17.3. The minimum absolute atomic E-state index is 0.0355. The summed E-state index contributed by atoms with van der Waals surface area (Å²) in [6, 6.07) is 22.8. The fraction of sp³-hybridized carbons (Fsp3) is 0.174. The average Bonchev–Trinajstić information content (AvgIpc) is 3.08. The van der Waals surface area contributed by atoms with E-state index in [-0.39, 0.29) is 5.95 Å². The van der Waals surface area contributed by atoms with E-state index < -0.39 is 15.3 Å². The van der Waals surface area contributed by atoms with E-state index in [9.17, 15) is 8.42 Å². The highest BCUT2D eigenvalue weighted by Gasteiger charge is 2.24. The van der Waals surface area contributed by atoms with E-state index in [4.69, 9.17) is 10.5 Å². The van der Waals surface area contributed by atoms with Crippen molar-refractivity contribution in [3.05, 3.63) is 78.4 Å². The Morgan fingerprint density at radius 2 is 1.74 bits per heavy atom. The van der Waals surface area contributed by atoms with Crippen LogP contribution in [0.25, 0.3) is 11.0 Å². The van der Waals surface area contributed by atoms with E-state index in [1.807, 2.05) is 60.7 Å². The molecular weight excluding hydrogens is 412 g/mol. The molecule has 7 nitrogen and oxygen atoms in total. The lowest BCUT2D eigenvalue weighted by atomic mass is 10.2. The highest BCUT2D eigenvalue weighted by Crippen LogP contribution is 2.26. The number of hydrogen-bond donors (Lipinski definition) is 2. The molecule has 0 aliphatic rings. The molecule has 0 amide bonds. The molecule has 0 unspecified atom stereocenters. The Labute approximate surface area is 181 Å². The Morgan fingerprint density at radius 3 is 2.48 bits per heavy atom. The van der Waals surface area contributed by atoms with Crippen LogP contribution in [0, 0.1) is 0 Å². The minimum Gasteiger partial charge on any atom is -0.457 e. The molecule has 3 N–H and O–H groups in total. The van der Waals surface area contributed by atoms with Crippen LogP contribution in [-0.2, 0) is 16.6 Å². The lowest BCUT2D eigenvalue weighted by Crippen LogP contribution is -2.23. The molecule has 0 spiro atoms. The SMILES string of the molecule is CC(C)S(=O)(=O)n1c(N)nc2cc(NCc3cccc(Oc4ccccc4)c3)ccc21. The zero-order valence-corrected chi connectivity index (χ0v) is 18.1. The van der Waals surface area contributed by atoms with Gasteiger partial charge in [0, 0.05) is 12.2 Å². The molecule has 8 heteroatoms. The number of benzene rings is 3. The van der Waals surface area contributed by atoms with Gasteiger partial charge in [-0.3, -0.25) is 0 Å². The van der Waals surface area contributed by atoms with Crippen LogP contribution < -0.4 is 15.8 Å². The molecule has 0 bridgehead atoms. The number of ether oxygens (including phenoxy) is 1. The predicted octanol–water partition coefficient (Wildman–Crippen LogP) is 4.61. The molecule has 0 aliphatic carbocycles. The summed E-state index contributed by atoms with van der Waals surface area (Å²) in [5.74, 6) is 1.50. The van der Waals surface area contributed by atoms with Gasteiger partial charge < -0.3 is 15.8 Å². The number of nitrogen functional groups attached to an aromatic ring is 1. The first kappa shape index (κ1) is 20.7. The van der Waals surface area contributed by atoms with Crippen molar-refractivity contribution in [3.8, 4) is 11.5 Å². The van der Waals surface area contributed by atoms with Crippen molar-refractivity contribution in [3.63, 3.8) is 0 Å². The second kappa shape index (κ2) is 8.31. The first-order valence-corrected chi connectivity index (χ1v) is 11.4. The Hall–Kier alpha value is -3.52. The van der Waals surface area contributed by atoms with Crippen LogP contribution in [0.3, 0.4) is 0 Å². The van der Waals surface area contributed by atoms with E-state index in [0.717, 1.165) is 26.7 Å². The summed E-state index contributed by atoms with van der Waals surface area (Å²) >= 11 is 0. The third-order valence-electron chi connectivity index (χ3n) is 4.86. The number of rotatable bonds is 7. The van der Waals surface area contributed by atoms with Crippen molar-refractivity contribution in [2.45, 2.75) is 25.6 Å². The van der Waals surface area contributed by atoms with Gasteiger partial charge in [-0.2, -0.15) is 0 Å². The van der Waals surface area contributed by atoms with Gasteiger partial charge in [0.1, 0.15) is 11.5 Å². The van der Waals surface area contributed by atoms with E-state index in [2.05, 4.69) is 10.3 Å². The molecule has 0 atom stereocenters. The van der Waals surface area contributed by atoms with E-state index in [1.54, 1.807) is 26.0 Å². The lowest BCUT2D eigenvalue weighted by Gasteiger charge is -2.12. The quantitative estimate of drug-likeness (QED) is 0.439. The highest BCUT2D eigenvalue weighted by atomic mass is 32.2. The number of nitrogens with zero attached hydrogens (tertiary/aromatic N) is 2. The maximum Gasteiger partial charge on any atom is 0.244 e. The van der Waals surface area contributed by atoms with Gasteiger partial charge >= 0.3 is 0 Å². The first-order valence-electron chi connectivity index (χ1n) is 9.92. The number of fused-ring (bicyclic) bond motifs is 1. The number of para-hydroxylation sites is 1. The summed E-state index contributed by atoms with van der Waals surface area (Å²) in [4.78, 5) is 4.24. The summed E-state index contributed by atoms with van der Waals surface area (Å²) in [6.45, 7) is 3.80. The maximum absolute atomic E-state index is 12.6. The van der Waals surface area contributed by atoms with Gasteiger partial charge in [-0.05, 0) is 61.9 Å². The third kappa shape index (κ3) is 4.34. The second-order valence-electron chi connectivity index (χ2n) is 7.45. The smallest absolute Gasteiger partial charge is 0.244 e. The van der Waals surface area contributed by atoms with Crippen LogP contribution >= 0.6 is 0 Å². The topological polar surface area (TPSA) is 99.2 Å². The molecule has 0 aliphatic heterocycles. The third-order valence-corrected chi connectivity index (χ3v) is 6.95. The Morgan fingerprint density at radius 1 is 1.00 bits per heavy atom. The monoisotopic (exact) mass is 436 g/mol. The van der Waals surface area contributed by atoms with Crippen molar-refractivity contribution >= 4 is 32.7 Å².